The number of benzene rings is 1. The van der Waals surface area contributed by atoms with E-state index in [1.807, 2.05) is 30.0 Å². The van der Waals surface area contributed by atoms with E-state index in [0.717, 1.165) is 24.4 Å². The van der Waals surface area contributed by atoms with Crippen LogP contribution in [0.1, 0.15) is 30.7 Å². The fourth-order valence-electron chi connectivity index (χ4n) is 3.31. The number of piperidine rings is 1. The van der Waals surface area contributed by atoms with Crippen molar-refractivity contribution in [2.45, 2.75) is 37.8 Å². The summed E-state index contributed by atoms with van der Waals surface area (Å²) in [7, 11) is 0. The highest BCUT2D eigenvalue weighted by molar-refractivity contribution is 7.99. The highest BCUT2D eigenvalue weighted by Gasteiger charge is 2.29. The average molecular weight is 402 g/mol. The highest BCUT2D eigenvalue weighted by atomic mass is 32.2. The number of aryl methyl sites for hydroxylation is 2. The molecule has 0 aliphatic carbocycles. The fourth-order valence-corrected chi connectivity index (χ4v) is 4.01. The van der Waals surface area contributed by atoms with Crippen LogP contribution in [0.2, 0.25) is 0 Å². The zero-order valence-corrected chi connectivity index (χ0v) is 17.0. The molecule has 0 saturated carbocycles. The van der Waals surface area contributed by atoms with Crippen LogP contribution in [0.15, 0.2) is 35.5 Å². The summed E-state index contributed by atoms with van der Waals surface area (Å²) in [4.78, 5) is 30.7. The number of thioether (sulfide) groups is 1. The largest absolute Gasteiger partial charge is 0.355 e. The van der Waals surface area contributed by atoms with Crippen molar-refractivity contribution in [3.05, 3.63) is 41.7 Å². The van der Waals surface area contributed by atoms with Crippen LogP contribution in [0.25, 0.3) is 0 Å². The number of likely N-dealkylation sites (tertiary alicyclic amines) is 1. The minimum absolute atomic E-state index is 0.0346. The predicted octanol–water partition coefficient (Wildman–Crippen LogP) is 2.19. The van der Waals surface area contributed by atoms with Crippen molar-refractivity contribution in [1.29, 1.82) is 0 Å². The number of nitrogens with zero attached hydrogens (tertiary/aromatic N) is 3. The molecule has 1 atom stereocenters. The Hall–Kier alpha value is -2.35. The van der Waals surface area contributed by atoms with Gasteiger partial charge in [-0.25, -0.2) is 4.98 Å². The van der Waals surface area contributed by atoms with Crippen LogP contribution in [0, 0.1) is 12.8 Å². The van der Waals surface area contributed by atoms with Gasteiger partial charge in [-0.15, -0.1) is 5.10 Å². The lowest BCUT2D eigenvalue weighted by atomic mass is 9.96. The number of amides is 2. The Bertz CT molecular complexity index is 780. The highest BCUT2D eigenvalue weighted by Crippen LogP contribution is 2.19. The second-order valence-corrected chi connectivity index (χ2v) is 8.07. The summed E-state index contributed by atoms with van der Waals surface area (Å²) >= 11 is 1.51. The Labute approximate surface area is 169 Å². The maximum Gasteiger partial charge on any atom is 0.224 e. The Kier molecular flexibility index (Phi) is 7.47. The molecule has 28 heavy (non-hydrogen) atoms. The summed E-state index contributed by atoms with van der Waals surface area (Å²) in [6.07, 6.45) is 2.94. The molecule has 1 aromatic heterocycles. The Balaban J connectivity index is 1.37. The van der Waals surface area contributed by atoms with Crippen molar-refractivity contribution in [3.8, 4) is 0 Å². The van der Waals surface area contributed by atoms with E-state index in [1.165, 1.54) is 17.3 Å². The van der Waals surface area contributed by atoms with Gasteiger partial charge in [-0.1, -0.05) is 42.1 Å². The van der Waals surface area contributed by atoms with Gasteiger partial charge in [-0.2, -0.15) is 0 Å². The molecule has 1 aromatic carbocycles. The van der Waals surface area contributed by atoms with Gasteiger partial charge in [0.2, 0.25) is 17.0 Å². The van der Waals surface area contributed by atoms with Crippen LogP contribution in [0.4, 0.5) is 0 Å². The molecule has 150 valence electrons. The molecule has 1 aliphatic heterocycles. The Morgan fingerprint density at radius 2 is 2.18 bits per heavy atom. The molecule has 8 heteroatoms. The minimum atomic E-state index is -0.120. The summed E-state index contributed by atoms with van der Waals surface area (Å²) in [5.41, 5.74) is 1.28. The molecule has 7 nitrogen and oxygen atoms in total. The van der Waals surface area contributed by atoms with Gasteiger partial charge in [-0.05, 0) is 31.7 Å². The summed E-state index contributed by atoms with van der Waals surface area (Å²) in [5.74, 6) is 1.58. The van der Waals surface area contributed by atoms with Gasteiger partial charge in [-0.3, -0.25) is 14.7 Å². The standard InChI is InChI=1S/C20H27N5O2S/c1-15-22-20(24-23-15)28-13-11-21-19(27)17-9-10-18(26)25(14-17)12-5-8-16-6-3-2-4-7-16/h2-4,6-7,17H,5,8-14H2,1H3,(H,21,27)(H,22,23,24)/t17-/m1/s1. The molecule has 2 heterocycles. The van der Waals surface area contributed by atoms with Gasteiger partial charge < -0.3 is 10.2 Å². The van der Waals surface area contributed by atoms with Gasteiger partial charge in [0.05, 0.1) is 5.92 Å². The van der Waals surface area contributed by atoms with Gasteiger partial charge in [0, 0.05) is 31.8 Å². The van der Waals surface area contributed by atoms with Crippen molar-refractivity contribution in [2.75, 3.05) is 25.4 Å². The molecule has 1 aliphatic rings. The fraction of sp³-hybridized carbons (Fsp3) is 0.500. The molecule has 2 aromatic rings. The van der Waals surface area contributed by atoms with E-state index in [1.54, 1.807) is 0 Å². The molecular weight excluding hydrogens is 374 g/mol. The lowest BCUT2D eigenvalue weighted by molar-refractivity contribution is -0.138. The maximum atomic E-state index is 12.5. The molecule has 2 N–H and O–H groups in total. The van der Waals surface area contributed by atoms with E-state index in [2.05, 4.69) is 32.6 Å². The third-order valence-corrected chi connectivity index (χ3v) is 5.67. The first-order valence-corrected chi connectivity index (χ1v) is 10.7. The maximum absolute atomic E-state index is 12.5. The lowest BCUT2D eigenvalue weighted by Crippen LogP contribution is -2.46. The van der Waals surface area contributed by atoms with E-state index in [-0.39, 0.29) is 17.7 Å². The van der Waals surface area contributed by atoms with Crippen molar-refractivity contribution >= 4 is 23.6 Å². The number of hydrogen-bond donors (Lipinski definition) is 2. The van der Waals surface area contributed by atoms with E-state index < -0.39 is 0 Å². The zero-order chi connectivity index (χ0) is 19.8. The molecule has 0 unspecified atom stereocenters. The molecule has 0 spiro atoms. The van der Waals surface area contributed by atoms with Crippen LogP contribution >= 0.6 is 11.8 Å². The van der Waals surface area contributed by atoms with Crippen molar-refractivity contribution in [3.63, 3.8) is 0 Å². The van der Waals surface area contributed by atoms with Gasteiger partial charge in [0.15, 0.2) is 0 Å². The second kappa shape index (κ2) is 10.3. The molecule has 0 radical (unpaired) electrons. The number of carbonyl (C=O) groups is 2. The van der Waals surface area contributed by atoms with Crippen molar-refractivity contribution in [2.24, 2.45) is 5.92 Å². The van der Waals surface area contributed by atoms with E-state index in [9.17, 15) is 9.59 Å². The smallest absolute Gasteiger partial charge is 0.224 e. The molecule has 1 saturated heterocycles. The number of aromatic nitrogens is 3. The topological polar surface area (TPSA) is 91.0 Å². The number of aromatic amines is 1. The van der Waals surface area contributed by atoms with E-state index in [4.69, 9.17) is 0 Å². The number of nitrogens with one attached hydrogen (secondary N) is 2. The zero-order valence-electron chi connectivity index (χ0n) is 16.2. The van der Waals surface area contributed by atoms with Crippen molar-refractivity contribution < 1.29 is 9.59 Å². The Morgan fingerprint density at radius 1 is 1.36 bits per heavy atom. The SMILES string of the molecule is Cc1nc(SCCNC(=O)[C@@H]2CCC(=O)N(CCCc3ccccc3)C2)n[nH]1. The van der Waals surface area contributed by atoms with E-state index >= 15 is 0 Å². The van der Waals surface area contributed by atoms with Crippen molar-refractivity contribution in [1.82, 2.24) is 25.4 Å². The first kappa shape index (κ1) is 20.4. The number of hydrogen-bond acceptors (Lipinski definition) is 5. The van der Waals surface area contributed by atoms with Crippen LogP contribution < -0.4 is 5.32 Å². The molecule has 3 rings (SSSR count). The van der Waals surface area contributed by atoms with E-state index in [0.29, 0.717) is 37.6 Å². The lowest BCUT2D eigenvalue weighted by Gasteiger charge is -2.32. The molecular formula is C20H27N5O2S. The van der Waals surface area contributed by atoms with Crippen LogP contribution in [0.3, 0.4) is 0 Å². The second-order valence-electron chi connectivity index (χ2n) is 7.01. The monoisotopic (exact) mass is 401 g/mol. The minimum Gasteiger partial charge on any atom is -0.355 e. The normalized spacial score (nSPS) is 17.0. The third kappa shape index (κ3) is 6.09. The number of rotatable bonds is 9. The number of H-pyrrole nitrogens is 1. The summed E-state index contributed by atoms with van der Waals surface area (Å²) in [6, 6.07) is 10.3. The molecule has 0 bridgehead atoms. The van der Waals surface area contributed by atoms with Crippen LogP contribution in [-0.4, -0.2) is 57.3 Å². The molecule has 1 fully saturated rings. The van der Waals surface area contributed by atoms with Crippen LogP contribution in [-0.2, 0) is 16.0 Å². The Morgan fingerprint density at radius 3 is 2.93 bits per heavy atom. The number of carbonyl (C=O) groups excluding carboxylic acids is 2. The van der Waals surface area contributed by atoms with Crippen LogP contribution in [0.5, 0.6) is 0 Å². The first-order chi connectivity index (χ1) is 13.6. The average Bonchev–Trinajstić information content (AvgIpc) is 3.12. The first-order valence-electron chi connectivity index (χ1n) is 9.73. The predicted molar refractivity (Wildman–Crippen MR) is 109 cm³/mol. The quantitative estimate of drug-likeness (QED) is 0.496. The summed E-state index contributed by atoms with van der Waals surface area (Å²) < 4.78 is 0. The van der Waals surface area contributed by atoms with Gasteiger partial charge in [0.25, 0.3) is 0 Å². The van der Waals surface area contributed by atoms with Gasteiger partial charge >= 0.3 is 0 Å². The third-order valence-electron chi connectivity index (χ3n) is 4.82. The van der Waals surface area contributed by atoms with Gasteiger partial charge in [0.1, 0.15) is 5.82 Å². The summed E-state index contributed by atoms with van der Waals surface area (Å²) in [5, 5.41) is 10.5. The molecule has 2 amide bonds. The summed E-state index contributed by atoms with van der Waals surface area (Å²) in [6.45, 7) is 3.65.